The van der Waals surface area contributed by atoms with Gasteiger partial charge in [-0.1, -0.05) is 29.8 Å². The van der Waals surface area contributed by atoms with Gasteiger partial charge in [-0.25, -0.2) is 5.43 Å². The first-order valence-corrected chi connectivity index (χ1v) is 8.47. The lowest BCUT2D eigenvalue weighted by atomic mass is 10.2. The number of anilines is 2. The summed E-state index contributed by atoms with van der Waals surface area (Å²) in [6.45, 7) is 0. The van der Waals surface area contributed by atoms with Crippen LogP contribution >= 0.6 is 11.6 Å². The Morgan fingerprint density at radius 1 is 1.21 bits per heavy atom. The van der Waals surface area contributed by atoms with Crippen molar-refractivity contribution in [3.63, 3.8) is 0 Å². The largest absolute Gasteiger partial charge is 0.372 e. The molecule has 0 heterocycles. The first kappa shape index (κ1) is 20.8. The zero-order chi connectivity index (χ0) is 20.7. The summed E-state index contributed by atoms with van der Waals surface area (Å²) >= 11 is 5.93. The first-order valence-electron chi connectivity index (χ1n) is 8.10. The summed E-state index contributed by atoms with van der Waals surface area (Å²) in [4.78, 5) is 36.0. The van der Waals surface area contributed by atoms with Crippen LogP contribution in [0.4, 0.5) is 17.1 Å². The van der Waals surface area contributed by atoms with Gasteiger partial charge in [-0.15, -0.1) is 0 Å². The van der Waals surface area contributed by atoms with E-state index in [0.29, 0.717) is 22.0 Å². The van der Waals surface area contributed by atoms with E-state index < -0.39 is 23.2 Å². The molecule has 0 aliphatic rings. The normalized spacial score (nSPS) is 10.5. The molecular weight excluding hydrogens is 386 g/mol. The number of hydrazone groups is 1. The summed E-state index contributed by atoms with van der Waals surface area (Å²) in [5, 5.41) is 17.8. The van der Waals surface area contributed by atoms with Crippen molar-refractivity contribution in [1.82, 2.24) is 5.43 Å². The van der Waals surface area contributed by atoms with Crippen LogP contribution < -0.4 is 15.6 Å². The molecule has 10 heteroatoms. The van der Waals surface area contributed by atoms with Gasteiger partial charge in [0.1, 0.15) is 12.1 Å². The Labute approximate surface area is 166 Å². The maximum Gasteiger partial charge on any atom is 0.293 e. The predicted molar refractivity (Wildman–Crippen MR) is 108 cm³/mol. The van der Waals surface area contributed by atoms with Crippen LogP contribution in [0.3, 0.4) is 0 Å². The van der Waals surface area contributed by atoms with Crippen LogP contribution in [0.1, 0.15) is 12.0 Å². The van der Waals surface area contributed by atoms with Gasteiger partial charge in [0.25, 0.3) is 5.69 Å². The Kier molecular flexibility index (Phi) is 7.05. The molecule has 0 saturated carbocycles. The van der Waals surface area contributed by atoms with Crippen molar-refractivity contribution in [1.29, 1.82) is 0 Å². The number of carbonyl (C=O) groups is 2. The average Bonchev–Trinajstić information content (AvgIpc) is 2.63. The SMILES string of the molecule is CN(C)c1ccc(C=NNC(=O)CC(=O)Nc2ccccc2Cl)cc1[N+](=O)[O-]. The Balaban J connectivity index is 1.94. The zero-order valence-corrected chi connectivity index (χ0v) is 15.9. The van der Waals surface area contributed by atoms with E-state index in [-0.39, 0.29) is 5.69 Å². The molecular formula is C18H18ClN5O4. The molecule has 0 atom stereocenters. The van der Waals surface area contributed by atoms with Crippen molar-refractivity contribution in [3.05, 3.63) is 63.2 Å². The highest BCUT2D eigenvalue weighted by Gasteiger charge is 2.15. The van der Waals surface area contributed by atoms with E-state index in [4.69, 9.17) is 11.6 Å². The smallest absolute Gasteiger partial charge is 0.293 e. The third-order valence-electron chi connectivity index (χ3n) is 3.55. The summed E-state index contributed by atoms with van der Waals surface area (Å²) in [6.07, 6.45) is 0.804. The number of halogens is 1. The molecule has 0 bridgehead atoms. The maximum absolute atomic E-state index is 11.9. The summed E-state index contributed by atoms with van der Waals surface area (Å²) in [5.74, 6) is -1.19. The van der Waals surface area contributed by atoms with E-state index in [1.165, 1.54) is 12.3 Å². The van der Waals surface area contributed by atoms with Crippen LogP contribution in [-0.2, 0) is 9.59 Å². The van der Waals surface area contributed by atoms with E-state index in [0.717, 1.165) is 0 Å². The van der Waals surface area contributed by atoms with E-state index in [1.54, 1.807) is 55.4 Å². The monoisotopic (exact) mass is 403 g/mol. The second-order valence-electron chi connectivity index (χ2n) is 5.90. The topological polar surface area (TPSA) is 117 Å². The van der Waals surface area contributed by atoms with E-state index in [2.05, 4.69) is 15.8 Å². The molecule has 9 nitrogen and oxygen atoms in total. The quantitative estimate of drug-likeness (QED) is 0.319. The predicted octanol–water partition coefficient (Wildman–Crippen LogP) is 2.79. The van der Waals surface area contributed by atoms with Crippen molar-refractivity contribution < 1.29 is 14.5 Å². The Morgan fingerprint density at radius 3 is 2.57 bits per heavy atom. The number of rotatable bonds is 7. The molecule has 0 aliphatic heterocycles. The number of hydrogen-bond acceptors (Lipinski definition) is 6. The molecule has 2 aromatic carbocycles. The minimum absolute atomic E-state index is 0.0839. The lowest BCUT2D eigenvalue weighted by molar-refractivity contribution is -0.384. The summed E-state index contributed by atoms with van der Waals surface area (Å²) < 4.78 is 0. The highest BCUT2D eigenvalue weighted by molar-refractivity contribution is 6.33. The van der Waals surface area contributed by atoms with Crippen LogP contribution in [0, 0.1) is 10.1 Å². The standard InChI is InChI=1S/C18H18ClN5O4/c1-23(2)15-8-7-12(9-16(15)24(27)28)11-20-22-18(26)10-17(25)21-14-6-4-3-5-13(14)19/h3-9,11H,10H2,1-2H3,(H,21,25)(H,22,26). The van der Waals surface area contributed by atoms with E-state index in [1.807, 2.05) is 0 Å². The van der Waals surface area contributed by atoms with Gasteiger partial charge in [-0.05, 0) is 18.2 Å². The van der Waals surface area contributed by atoms with Crippen LogP contribution in [-0.4, -0.2) is 37.0 Å². The molecule has 2 rings (SSSR count). The third-order valence-corrected chi connectivity index (χ3v) is 3.88. The minimum atomic E-state index is -0.639. The lowest BCUT2D eigenvalue weighted by Gasteiger charge is -2.12. The molecule has 0 spiro atoms. The summed E-state index contributed by atoms with van der Waals surface area (Å²) in [7, 11) is 3.40. The van der Waals surface area contributed by atoms with Crippen molar-refractivity contribution in [2.75, 3.05) is 24.3 Å². The highest BCUT2D eigenvalue weighted by Crippen LogP contribution is 2.27. The Morgan fingerprint density at radius 2 is 1.93 bits per heavy atom. The molecule has 146 valence electrons. The molecule has 2 N–H and O–H groups in total. The lowest BCUT2D eigenvalue weighted by Crippen LogP contribution is -2.24. The number of para-hydroxylation sites is 1. The van der Waals surface area contributed by atoms with Crippen LogP contribution in [0.5, 0.6) is 0 Å². The van der Waals surface area contributed by atoms with Crippen molar-refractivity contribution in [3.8, 4) is 0 Å². The fourth-order valence-corrected chi connectivity index (χ4v) is 2.45. The molecule has 0 fully saturated rings. The van der Waals surface area contributed by atoms with Gasteiger partial charge in [0.2, 0.25) is 11.8 Å². The van der Waals surface area contributed by atoms with Gasteiger partial charge >= 0.3 is 0 Å². The average molecular weight is 404 g/mol. The number of amides is 2. The number of nitrogens with one attached hydrogen (secondary N) is 2. The number of nitro groups is 1. The fraction of sp³-hybridized carbons (Fsp3) is 0.167. The number of nitro benzene ring substituents is 1. The van der Waals surface area contributed by atoms with Gasteiger partial charge in [0, 0.05) is 25.7 Å². The molecule has 28 heavy (non-hydrogen) atoms. The fourth-order valence-electron chi connectivity index (χ4n) is 2.27. The minimum Gasteiger partial charge on any atom is -0.372 e. The van der Waals surface area contributed by atoms with E-state index >= 15 is 0 Å². The van der Waals surface area contributed by atoms with Gasteiger partial charge in [-0.3, -0.25) is 19.7 Å². The number of carbonyl (C=O) groups excluding carboxylic acids is 2. The molecule has 2 aromatic rings. The molecule has 0 aliphatic carbocycles. The Bertz CT molecular complexity index is 930. The van der Waals surface area contributed by atoms with Crippen LogP contribution in [0.15, 0.2) is 47.6 Å². The van der Waals surface area contributed by atoms with Crippen molar-refractivity contribution in [2.45, 2.75) is 6.42 Å². The maximum atomic E-state index is 11.9. The number of benzene rings is 2. The zero-order valence-electron chi connectivity index (χ0n) is 15.2. The second-order valence-corrected chi connectivity index (χ2v) is 6.30. The third kappa shape index (κ3) is 5.78. The molecule has 0 saturated heterocycles. The Hall–Kier alpha value is -3.46. The van der Waals surface area contributed by atoms with Gasteiger partial charge in [0.15, 0.2) is 0 Å². The molecule has 0 unspecified atom stereocenters. The van der Waals surface area contributed by atoms with Crippen LogP contribution in [0.2, 0.25) is 5.02 Å². The number of nitrogens with zero attached hydrogens (tertiary/aromatic N) is 3. The number of hydrogen-bond donors (Lipinski definition) is 2. The van der Waals surface area contributed by atoms with Crippen molar-refractivity contribution in [2.24, 2.45) is 5.10 Å². The summed E-state index contributed by atoms with van der Waals surface area (Å²) in [5.41, 5.74) is 3.40. The summed E-state index contributed by atoms with van der Waals surface area (Å²) in [6, 6.07) is 11.2. The second kappa shape index (κ2) is 9.47. The molecule has 0 aromatic heterocycles. The molecule has 2 amide bonds. The van der Waals surface area contributed by atoms with Gasteiger partial charge < -0.3 is 10.2 Å². The van der Waals surface area contributed by atoms with E-state index in [9.17, 15) is 19.7 Å². The highest BCUT2D eigenvalue weighted by atomic mass is 35.5. The van der Waals surface area contributed by atoms with Crippen molar-refractivity contribution >= 4 is 46.7 Å². The van der Waals surface area contributed by atoms with Crippen LogP contribution in [0.25, 0.3) is 0 Å². The van der Waals surface area contributed by atoms with Gasteiger partial charge in [0.05, 0.1) is 21.8 Å². The molecule has 0 radical (unpaired) electrons. The van der Waals surface area contributed by atoms with Gasteiger partial charge in [-0.2, -0.15) is 5.10 Å². The first-order chi connectivity index (χ1) is 13.3.